The molecule has 0 aliphatic carbocycles. The molecule has 1 aromatic carbocycles. The van der Waals surface area contributed by atoms with Gasteiger partial charge in [0.25, 0.3) is 5.91 Å². The average Bonchev–Trinajstić information content (AvgIpc) is 2.60. The monoisotopic (exact) mass is 332 g/mol. The fourth-order valence-electron chi connectivity index (χ4n) is 3.89. The van der Waals surface area contributed by atoms with Crippen LogP contribution in [0.4, 0.5) is 0 Å². The number of nitrogens with zero attached hydrogens (tertiary/aromatic N) is 2. The first-order chi connectivity index (χ1) is 11.6. The Morgan fingerprint density at radius 1 is 1.17 bits per heavy atom. The molecule has 0 unspecified atom stereocenters. The summed E-state index contributed by atoms with van der Waals surface area (Å²) in [6.45, 7) is 7.92. The van der Waals surface area contributed by atoms with Crippen molar-refractivity contribution in [2.75, 3.05) is 33.3 Å². The van der Waals surface area contributed by atoms with E-state index in [-0.39, 0.29) is 5.91 Å². The van der Waals surface area contributed by atoms with E-state index < -0.39 is 0 Å². The summed E-state index contributed by atoms with van der Waals surface area (Å²) in [5.41, 5.74) is 0.710. The Labute approximate surface area is 144 Å². The van der Waals surface area contributed by atoms with Crippen LogP contribution in [-0.4, -0.2) is 67.2 Å². The van der Waals surface area contributed by atoms with Crippen LogP contribution in [0.2, 0.25) is 0 Å². The zero-order valence-corrected chi connectivity index (χ0v) is 14.9. The largest absolute Gasteiger partial charge is 0.497 e. The number of amides is 1. The highest BCUT2D eigenvalue weighted by Gasteiger charge is 2.31. The first-order valence-electron chi connectivity index (χ1n) is 8.89. The number of hydrogen-bond acceptors (Lipinski definition) is 4. The fourth-order valence-corrected chi connectivity index (χ4v) is 3.89. The number of likely N-dealkylation sites (tertiary alicyclic amines) is 1. The molecule has 0 radical (unpaired) electrons. The quantitative estimate of drug-likeness (QED) is 0.852. The number of carbonyl (C=O) groups excluding carboxylic acids is 1. The van der Waals surface area contributed by atoms with Crippen molar-refractivity contribution in [3.8, 4) is 5.75 Å². The van der Waals surface area contributed by atoms with Crippen molar-refractivity contribution in [3.63, 3.8) is 0 Å². The normalized spacial score (nSPS) is 26.4. The second-order valence-corrected chi connectivity index (χ2v) is 6.97. The Morgan fingerprint density at radius 2 is 1.83 bits per heavy atom. The van der Waals surface area contributed by atoms with Gasteiger partial charge in [-0.3, -0.25) is 9.69 Å². The first-order valence-corrected chi connectivity index (χ1v) is 8.89. The van der Waals surface area contributed by atoms with Crippen LogP contribution < -0.4 is 4.74 Å². The molecule has 1 aromatic rings. The molecule has 5 nitrogen and oxygen atoms in total. The van der Waals surface area contributed by atoms with Gasteiger partial charge in [-0.1, -0.05) is 6.07 Å². The van der Waals surface area contributed by atoms with Gasteiger partial charge in [0.05, 0.1) is 19.3 Å². The van der Waals surface area contributed by atoms with Crippen LogP contribution in [0, 0.1) is 0 Å². The molecule has 0 saturated carbocycles. The van der Waals surface area contributed by atoms with Crippen molar-refractivity contribution in [2.24, 2.45) is 0 Å². The number of benzene rings is 1. The lowest BCUT2D eigenvalue weighted by molar-refractivity contribution is -0.0856. The molecule has 0 bridgehead atoms. The van der Waals surface area contributed by atoms with E-state index in [2.05, 4.69) is 18.7 Å². The molecule has 5 heteroatoms. The van der Waals surface area contributed by atoms with E-state index in [9.17, 15) is 4.79 Å². The van der Waals surface area contributed by atoms with Crippen LogP contribution >= 0.6 is 0 Å². The topological polar surface area (TPSA) is 42.0 Å². The highest BCUT2D eigenvalue weighted by Crippen LogP contribution is 2.23. The number of hydrogen-bond donors (Lipinski definition) is 0. The lowest BCUT2D eigenvalue weighted by atomic mass is 10.0. The van der Waals surface area contributed by atoms with Crippen LogP contribution in [-0.2, 0) is 4.74 Å². The maximum atomic E-state index is 12.7. The predicted molar refractivity (Wildman–Crippen MR) is 93.5 cm³/mol. The second-order valence-electron chi connectivity index (χ2n) is 6.97. The van der Waals surface area contributed by atoms with E-state index >= 15 is 0 Å². The van der Waals surface area contributed by atoms with E-state index in [0.717, 1.165) is 44.8 Å². The molecule has 2 aliphatic rings. The van der Waals surface area contributed by atoms with Crippen LogP contribution in [0.5, 0.6) is 5.75 Å². The van der Waals surface area contributed by atoms with Gasteiger partial charge >= 0.3 is 0 Å². The molecule has 24 heavy (non-hydrogen) atoms. The third kappa shape index (κ3) is 3.90. The molecule has 2 aliphatic heterocycles. The first kappa shape index (κ1) is 17.2. The SMILES string of the molecule is COc1cccc(C(=O)N2CCC(N3C[C@@H](C)O[C@H](C)C3)CC2)c1. The molecule has 0 aromatic heterocycles. The van der Waals surface area contributed by atoms with Crippen molar-refractivity contribution in [3.05, 3.63) is 29.8 Å². The van der Waals surface area contributed by atoms with E-state index in [1.807, 2.05) is 29.2 Å². The van der Waals surface area contributed by atoms with Gasteiger partial charge in [-0.25, -0.2) is 0 Å². The summed E-state index contributed by atoms with van der Waals surface area (Å²) in [4.78, 5) is 17.2. The summed E-state index contributed by atoms with van der Waals surface area (Å²) < 4.78 is 11.0. The van der Waals surface area contributed by atoms with Crippen LogP contribution in [0.15, 0.2) is 24.3 Å². The summed E-state index contributed by atoms with van der Waals surface area (Å²) in [5.74, 6) is 0.836. The van der Waals surface area contributed by atoms with Crippen molar-refractivity contribution in [1.29, 1.82) is 0 Å². The fraction of sp³-hybridized carbons (Fsp3) is 0.632. The van der Waals surface area contributed by atoms with Crippen LogP contribution in [0.25, 0.3) is 0 Å². The minimum absolute atomic E-state index is 0.107. The molecule has 132 valence electrons. The molecule has 2 saturated heterocycles. The highest BCUT2D eigenvalue weighted by molar-refractivity contribution is 5.94. The molecule has 3 rings (SSSR count). The van der Waals surface area contributed by atoms with Crippen molar-refractivity contribution in [2.45, 2.75) is 44.9 Å². The number of piperidine rings is 1. The highest BCUT2D eigenvalue weighted by atomic mass is 16.5. The average molecular weight is 332 g/mol. The molecular formula is C19H28N2O3. The predicted octanol–water partition coefficient (Wildman–Crippen LogP) is 2.41. The smallest absolute Gasteiger partial charge is 0.253 e. The lowest BCUT2D eigenvalue weighted by Crippen LogP contribution is -2.53. The Balaban J connectivity index is 1.57. The summed E-state index contributed by atoms with van der Waals surface area (Å²) in [5, 5.41) is 0. The molecular weight excluding hydrogens is 304 g/mol. The van der Waals surface area contributed by atoms with E-state index in [0.29, 0.717) is 23.8 Å². The van der Waals surface area contributed by atoms with Gasteiger partial charge in [-0.05, 0) is 44.9 Å². The van der Waals surface area contributed by atoms with E-state index in [4.69, 9.17) is 9.47 Å². The van der Waals surface area contributed by atoms with Gasteiger partial charge < -0.3 is 14.4 Å². The zero-order valence-electron chi connectivity index (χ0n) is 14.9. The van der Waals surface area contributed by atoms with Gasteiger partial charge in [-0.2, -0.15) is 0 Å². The van der Waals surface area contributed by atoms with Crippen LogP contribution in [0.3, 0.4) is 0 Å². The third-order valence-electron chi connectivity index (χ3n) is 5.03. The van der Waals surface area contributed by atoms with Gasteiger partial charge in [0.1, 0.15) is 5.75 Å². The maximum Gasteiger partial charge on any atom is 0.253 e. The minimum Gasteiger partial charge on any atom is -0.497 e. The minimum atomic E-state index is 0.107. The second kappa shape index (κ2) is 7.53. The zero-order chi connectivity index (χ0) is 17.1. The summed E-state index contributed by atoms with van der Waals surface area (Å²) in [7, 11) is 1.62. The Kier molecular flexibility index (Phi) is 5.41. The number of methoxy groups -OCH3 is 1. The Morgan fingerprint density at radius 3 is 2.46 bits per heavy atom. The number of carbonyl (C=O) groups is 1. The Hall–Kier alpha value is -1.59. The van der Waals surface area contributed by atoms with Crippen molar-refractivity contribution in [1.82, 2.24) is 9.80 Å². The molecule has 2 heterocycles. The Bertz CT molecular complexity index is 559. The van der Waals surface area contributed by atoms with E-state index in [1.54, 1.807) is 7.11 Å². The molecule has 2 atom stereocenters. The maximum absolute atomic E-state index is 12.7. The third-order valence-corrected chi connectivity index (χ3v) is 5.03. The van der Waals surface area contributed by atoms with Gasteiger partial charge in [-0.15, -0.1) is 0 Å². The number of ether oxygens (including phenoxy) is 2. The summed E-state index contributed by atoms with van der Waals surface area (Å²) in [6, 6.07) is 7.98. The standard InChI is InChI=1S/C19H28N2O3/c1-14-12-21(13-15(2)24-14)17-7-9-20(10-8-17)19(22)16-5-4-6-18(11-16)23-3/h4-6,11,14-15,17H,7-10,12-13H2,1-3H3/t14-,15-/m1/s1. The summed E-state index contributed by atoms with van der Waals surface area (Å²) in [6.07, 6.45) is 2.67. The van der Waals surface area contributed by atoms with Crippen LogP contribution in [0.1, 0.15) is 37.0 Å². The summed E-state index contributed by atoms with van der Waals surface area (Å²) >= 11 is 0. The van der Waals surface area contributed by atoms with E-state index in [1.165, 1.54) is 0 Å². The molecule has 2 fully saturated rings. The number of morpholine rings is 1. The molecule has 0 spiro atoms. The molecule has 0 N–H and O–H groups in total. The van der Waals surface area contributed by atoms with Crippen molar-refractivity contribution >= 4 is 5.91 Å². The van der Waals surface area contributed by atoms with Gasteiger partial charge in [0.15, 0.2) is 0 Å². The van der Waals surface area contributed by atoms with Gasteiger partial charge in [0, 0.05) is 37.8 Å². The number of rotatable bonds is 3. The lowest BCUT2D eigenvalue weighted by Gasteiger charge is -2.43. The van der Waals surface area contributed by atoms with Gasteiger partial charge in [0.2, 0.25) is 0 Å². The van der Waals surface area contributed by atoms with Crippen molar-refractivity contribution < 1.29 is 14.3 Å². The molecule has 1 amide bonds.